The van der Waals surface area contributed by atoms with Crippen molar-refractivity contribution in [2.24, 2.45) is 0 Å². The van der Waals surface area contributed by atoms with Gasteiger partial charge in [0.1, 0.15) is 25.0 Å². The van der Waals surface area contributed by atoms with Gasteiger partial charge in [0, 0.05) is 61.1 Å². The summed E-state index contributed by atoms with van der Waals surface area (Å²) < 4.78 is 36.2. The first-order chi connectivity index (χ1) is 19.6. The summed E-state index contributed by atoms with van der Waals surface area (Å²) in [7, 11) is 0. The number of nitrogens with zero attached hydrogens (tertiary/aromatic N) is 2. The molecule has 0 aromatic carbocycles. The van der Waals surface area contributed by atoms with Gasteiger partial charge in [0.05, 0.1) is 11.9 Å². The van der Waals surface area contributed by atoms with Crippen LogP contribution in [0.2, 0.25) is 0 Å². The van der Waals surface area contributed by atoms with Gasteiger partial charge in [0.15, 0.2) is 24.4 Å². The third-order valence-electron chi connectivity index (χ3n) is 4.96. The van der Waals surface area contributed by atoms with Gasteiger partial charge in [-0.05, 0) is 0 Å². The summed E-state index contributed by atoms with van der Waals surface area (Å²) in [6.45, 7) is 6.79. The van der Waals surface area contributed by atoms with Gasteiger partial charge < -0.3 is 33.2 Å². The molecule has 5 atom stereocenters. The van der Waals surface area contributed by atoms with Crippen LogP contribution in [0.4, 0.5) is 0 Å². The molecular weight excluding hydrogens is 564 g/mol. The Morgan fingerprint density at radius 3 is 1.43 bits per heavy atom. The maximum Gasteiger partial charge on any atom is 0.303 e. The smallest absolute Gasteiger partial charge is 0.303 e. The average Bonchev–Trinajstić information content (AvgIpc) is 2.85. The summed E-state index contributed by atoms with van der Waals surface area (Å²) in [4.78, 5) is 90.3. The van der Waals surface area contributed by atoms with Crippen molar-refractivity contribution in [1.29, 1.82) is 0 Å². The molecule has 0 aliphatic heterocycles. The molecule has 16 heteroatoms. The third kappa shape index (κ3) is 13.6. The van der Waals surface area contributed by atoms with Crippen molar-refractivity contribution in [3.8, 4) is 0 Å². The fraction of sp³-hybridized carbons (Fsp3) is 0.577. The Morgan fingerprint density at radius 1 is 0.548 bits per heavy atom. The number of rotatable bonds is 15. The Bertz CT molecular complexity index is 1140. The maximum absolute atomic E-state index is 12.0. The highest BCUT2D eigenvalue weighted by Crippen LogP contribution is 2.27. The van der Waals surface area contributed by atoms with Crippen molar-refractivity contribution in [3.63, 3.8) is 0 Å². The number of aromatic nitrogens is 2. The molecule has 0 aliphatic rings. The molecule has 1 aromatic heterocycles. The van der Waals surface area contributed by atoms with Crippen LogP contribution in [0.3, 0.4) is 0 Å². The predicted molar refractivity (Wildman–Crippen MR) is 136 cm³/mol. The van der Waals surface area contributed by atoms with Gasteiger partial charge in [0.2, 0.25) is 0 Å². The van der Waals surface area contributed by atoms with E-state index < -0.39 is 85.5 Å². The molecule has 1 rings (SSSR count). The monoisotopic (exact) mass is 598 g/mol. The van der Waals surface area contributed by atoms with Gasteiger partial charge in [-0.2, -0.15) is 0 Å². The molecule has 42 heavy (non-hydrogen) atoms. The Labute approximate surface area is 241 Å². The van der Waals surface area contributed by atoms with Crippen molar-refractivity contribution in [1.82, 2.24) is 9.97 Å². The van der Waals surface area contributed by atoms with Crippen molar-refractivity contribution < 1.29 is 66.7 Å². The molecule has 0 saturated heterocycles. The summed E-state index contributed by atoms with van der Waals surface area (Å²) in [5.41, 5.74) is 0.146. The highest BCUT2D eigenvalue weighted by molar-refractivity contribution is 5.69. The fourth-order valence-corrected chi connectivity index (χ4v) is 3.52. The number of hydrogen-bond acceptors (Lipinski definition) is 16. The van der Waals surface area contributed by atoms with E-state index in [1.807, 2.05) is 0 Å². The quantitative estimate of drug-likeness (QED) is 0.198. The molecule has 0 aliphatic carbocycles. The van der Waals surface area contributed by atoms with Crippen LogP contribution in [-0.2, 0) is 73.1 Å². The second-order valence-electron chi connectivity index (χ2n) is 8.79. The first-order valence-electron chi connectivity index (χ1n) is 12.5. The Balaban J connectivity index is 3.44. The summed E-state index contributed by atoms with van der Waals surface area (Å²) >= 11 is 0. The fourth-order valence-electron chi connectivity index (χ4n) is 3.52. The largest absolute Gasteiger partial charge is 0.462 e. The zero-order valence-electron chi connectivity index (χ0n) is 24.3. The first-order valence-corrected chi connectivity index (χ1v) is 12.5. The van der Waals surface area contributed by atoms with Gasteiger partial charge in [-0.15, -0.1) is 0 Å². The summed E-state index contributed by atoms with van der Waals surface area (Å²) in [5, 5.41) is 0. The molecule has 0 spiro atoms. The van der Waals surface area contributed by atoms with Crippen LogP contribution in [0, 0.1) is 0 Å². The van der Waals surface area contributed by atoms with E-state index >= 15 is 0 Å². The van der Waals surface area contributed by atoms with E-state index in [9.17, 15) is 33.6 Å². The molecule has 1 heterocycles. The molecule has 0 unspecified atom stereocenters. The van der Waals surface area contributed by atoms with Gasteiger partial charge in [0.25, 0.3) is 0 Å². The minimum Gasteiger partial charge on any atom is -0.462 e. The molecule has 1 aromatic rings. The Kier molecular flexibility index (Phi) is 14.5. The number of esters is 7. The first kappa shape index (κ1) is 35.4. The van der Waals surface area contributed by atoms with E-state index in [2.05, 4.69) is 9.97 Å². The Hall–Kier alpha value is -4.63. The van der Waals surface area contributed by atoms with E-state index in [1.54, 1.807) is 0 Å². The second kappa shape index (κ2) is 17.2. The number of hydrogen-bond donors (Lipinski definition) is 0. The molecule has 0 bridgehead atoms. The lowest BCUT2D eigenvalue weighted by atomic mass is 10.0. The maximum atomic E-state index is 12.0. The summed E-state index contributed by atoms with van der Waals surface area (Å²) in [6.07, 6.45) is -4.48. The molecular formula is C26H34N2O14. The summed E-state index contributed by atoms with van der Waals surface area (Å²) in [5.74, 6) is -5.27. The minimum absolute atomic E-state index is 0.0549. The lowest BCUT2D eigenvalue weighted by molar-refractivity contribution is -0.190. The molecule has 0 saturated carbocycles. The zero-order chi connectivity index (χ0) is 32.0. The van der Waals surface area contributed by atoms with Crippen molar-refractivity contribution >= 4 is 41.8 Å². The van der Waals surface area contributed by atoms with E-state index in [0.717, 1.165) is 54.7 Å². The lowest BCUT2D eigenvalue weighted by Gasteiger charge is -2.31. The normalized spacial score (nSPS) is 14.1. The number of carbonyl (C=O) groups excluding carboxylic acids is 7. The number of carbonyl (C=O) groups is 7. The van der Waals surface area contributed by atoms with E-state index in [0.29, 0.717) is 0 Å². The van der Waals surface area contributed by atoms with Crippen LogP contribution < -0.4 is 0 Å². The third-order valence-corrected chi connectivity index (χ3v) is 4.96. The average molecular weight is 599 g/mol. The Morgan fingerprint density at radius 2 is 1.00 bits per heavy atom. The summed E-state index contributed by atoms with van der Waals surface area (Å²) in [6, 6.07) is 0. The van der Waals surface area contributed by atoms with E-state index in [-0.39, 0.29) is 17.8 Å². The molecule has 0 amide bonds. The SMILES string of the molecule is CC(=O)OC[C@@H](OC(C)=O)[C@@H](OC(C)=O)[C@H](OC(C)=O)c1cnc(C[C@H](OC(C)=O)[C@@H](COC(C)=O)OC(C)=O)cn1. The van der Waals surface area contributed by atoms with Gasteiger partial charge in [-0.25, -0.2) is 0 Å². The van der Waals surface area contributed by atoms with Crippen LogP contribution in [0.5, 0.6) is 0 Å². The molecule has 0 N–H and O–H groups in total. The van der Waals surface area contributed by atoms with Crippen molar-refractivity contribution in [3.05, 3.63) is 23.8 Å². The molecule has 232 valence electrons. The van der Waals surface area contributed by atoms with Gasteiger partial charge in [-0.1, -0.05) is 0 Å². The van der Waals surface area contributed by atoms with Crippen LogP contribution in [0.15, 0.2) is 12.4 Å². The standard InChI is InChI=1S/C26H34N2O14/c1-13(29)36-11-23(39-16(4)32)22(38-15(3)31)8-20-9-28-21(10-27-20)25(41-18(6)34)26(42-19(7)35)24(40-17(5)33)12-37-14(2)30/h9-10,22-26H,8,11-12H2,1-7H3/t22-,23+,24+,25+,26+/m0/s1. The topological polar surface area (TPSA) is 210 Å². The van der Waals surface area contributed by atoms with Gasteiger partial charge in [-0.3, -0.25) is 43.5 Å². The van der Waals surface area contributed by atoms with Gasteiger partial charge >= 0.3 is 41.8 Å². The van der Waals surface area contributed by atoms with Crippen LogP contribution >= 0.6 is 0 Å². The van der Waals surface area contributed by atoms with Crippen molar-refractivity contribution in [2.75, 3.05) is 13.2 Å². The highest BCUT2D eigenvalue weighted by Gasteiger charge is 2.40. The van der Waals surface area contributed by atoms with Crippen LogP contribution in [-0.4, -0.2) is 89.4 Å². The van der Waals surface area contributed by atoms with E-state index in [1.165, 1.54) is 6.20 Å². The minimum atomic E-state index is -1.51. The second-order valence-corrected chi connectivity index (χ2v) is 8.79. The number of ether oxygens (including phenoxy) is 7. The molecule has 0 radical (unpaired) electrons. The zero-order valence-corrected chi connectivity index (χ0v) is 24.3. The van der Waals surface area contributed by atoms with Crippen LogP contribution in [0.25, 0.3) is 0 Å². The molecule has 0 fully saturated rings. The van der Waals surface area contributed by atoms with Crippen molar-refractivity contribution in [2.45, 2.75) is 85.4 Å². The van der Waals surface area contributed by atoms with E-state index in [4.69, 9.17) is 33.2 Å². The molecule has 16 nitrogen and oxygen atoms in total. The predicted octanol–water partition coefficient (Wildman–Crippen LogP) is 0.476. The van der Waals surface area contributed by atoms with Crippen LogP contribution in [0.1, 0.15) is 66.0 Å². The lowest BCUT2D eigenvalue weighted by Crippen LogP contribution is -2.44. The highest BCUT2D eigenvalue weighted by atomic mass is 16.6.